The summed E-state index contributed by atoms with van der Waals surface area (Å²) in [6.07, 6.45) is 4.48. The third kappa shape index (κ3) is 4.92. The van der Waals surface area contributed by atoms with Crippen LogP contribution >= 0.6 is 0 Å². The minimum atomic E-state index is -0.476. The molecule has 1 aliphatic heterocycles. The molecule has 0 bridgehead atoms. The van der Waals surface area contributed by atoms with Crippen LogP contribution in [0.15, 0.2) is 45.7 Å². The van der Waals surface area contributed by atoms with Crippen molar-refractivity contribution >= 4 is 33.5 Å². The first-order valence-corrected chi connectivity index (χ1v) is 12.0. The van der Waals surface area contributed by atoms with Crippen LogP contribution in [0.4, 0.5) is 14.5 Å². The molecule has 4 N–H and O–H groups in total. The van der Waals surface area contributed by atoms with Crippen molar-refractivity contribution in [1.29, 1.82) is 0 Å². The van der Waals surface area contributed by atoms with Gasteiger partial charge in [0.25, 0.3) is 5.91 Å². The molecule has 4 heterocycles. The van der Waals surface area contributed by atoms with Crippen molar-refractivity contribution < 1.29 is 27.8 Å². The molecule has 0 atom stereocenters. The van der Waals surface area contributed by atoms with Gasteiger partial charge >= 0.3 is 5.63 Å². The van der Waals surface area contributed by atoms with Crippen LogP contribution in [0.2, 0.25) is 0 Å². The van der Waals surface area contributed by atoms with Crippen LogP contribution in [0.5, 0.6) is 5.88 Å². The molecule has 6 rings (SSSR count). The number of fused-ring (bicyclic) bond motifs is 4. The molecule has 37 heavy (non-hydrogen) atoms. The van der Waals surface area contributed by atoms with E-state index in [-0.39, 0.29) is 37.5 Å². The van der Waals surface area contributed by atoms with Gasteiger partial charge in [0, 0.05) is 36.3 Å². The van der Waals surface area contributed by atoms with Gasteiger partial charge in [0.05, 0.1) is 17.1 Å². The van der Waals surface area contributed by atoms with Crippen LogP contribution in [0.1, 0.15) is 31.4 Å². The number of pyridine rings is 1. The zero-order valence-corrected chi connectivity index (χ0v) is 19.9. The molecule has 9 nitrogen and oxygen atoms in total. The van der Waals surface area contributed by atoms with Crippen LogP contribution in [-0.2, 0) is 11.3 Å². The lowest BCUT2D eigenvalue weighted by molar-refractivity contribution is -0.122. The number of H-pyrrole nitrogens is 1. The Labute approximate surface area is 209 Å². The lowest BCUT2D eigenvalue weighted by Crippen LogP contribution is -2.47. The van der Waals surface area contributed by atoms with Crippen molar-refractivity contribution in [1.82, 2.24) is 9.97 Å². The molecule has 1 aliphatic carbocycles. The van der Waals surface area contributed by atoms with E-state index in [9.17, 15) is 23.5 Å². The maximum Gasteiger partial charge on any atom is 0.345 e. The van der Waals surface area contributed by atoms with Gasteiger partial charge in [-0.2, -0.15) is 0 Å². The number of aliphatic hydroxyl groups excluding tert-OH is 1. The molecule has 1 saturated carbocycles. The number of ether oxygens (including phenoxy) is 1. The van der Waals surface area contributed by atoms with Gasteiger partial charge in [0.2, 0.25) is 5.88 Å². The highest BCUT2D eigenvalue weighted by Crippen LogP contribution is 2.36. The summed E-state index contributed by atoms with van der Waals surface area (Å²) in [7, 11) is 0. The minimum Gasteiger partial charge on any atom is -0.466 e. The molecular formula is C26H26F2N4O5. The van der Waals surface area contributed by atoms with E-state index in [1.165, 1.54) is 24.3 Å². The van der Waals surface area contributed by atoms with Gasteiger partial charge < -0.3 is 29.9 Å². The summed E-state index contributed by atoms with van der Waals surface area (Å²) in [5, 5.41) is 10.1. The van der Waals surface area contributed by atoms with Gasteiger partial charge in [-0.1, -0.05) is 0 Å². The number of carbonyl (C=O) groups excluding carboxylic acids is 1. The molecule has 2 aliphatic rings. The van der Waals surface area contributed by atoms with E-state index < -0.39 is 11.4 Å². The van der Waals surface area contributed by atoms with Crippen LogP contribution in [0, 0.1) is 17.6 Å². The molecule has 194 valence electrons. The molecular weight excluding hydrogens is 486 g/mol. The first-order chi connectivity index (χ1) is 17.9. The van der Waals surface area contributed by atoms with E-state index in [0.29, 0.717) is 45.1 Å². The first kappa shape index (κ1) is 24.8. The number of nitrogens with two attached hydrogens (primary N) is 1. The summed E-state index contributed by atoms with van der Waals surface area (Å²) < 4.78 is 36.9. The van der Waals surface area contributed by atoms with Crippen molar-refractivity contribution in [2.45, 2.75) is 38.3 Å². The number of carbonyl (C=O) groups is 1. The average molecular weight is 513 g/mol. The largest absolute Gasteiger partial charge is 0.466 e. The van der Waals surface area contributed by atoms with E-state index >= 15 is 0 Å². The average Bonchev–Trinajstić information content (AvgIpc) is 3.35. The lowest BCUT2D eigenvalue weighted by atomic mass is 9.85. The van der Waals surface area contributed by atoms with E-state index in [1.807, 2.05) is 0 Å². The Morgan fingerprint density at radius 1 is 1.08 bits per heavy atom. The summed E-state index contributed by atoms with van der Waals surface area (Å²) in [5.41, 5.74) is 7.11. The number of halogens is 2. The SMILES string of the molecule is NCc1cc2c(=O)oc3ccc(F)cc3c2[nH]1.O=C1COc2ncc(F)cc2N1C1CCC(CO)CC1. The highest BCUT2D eigenvalue weighted by molar-refractivity contribution is 6.02. The molecule has 0 saturated heterocycles. The Hall–Kier alpha value is -3.83. The molecule has 4 aromatic rings. The predicted molar refractivity (Wildman–Crippen MR) is 132 cm³/mol. The number of anilines is 1. The highest BCUT2D eigenvalue weighted by Gasteiger charge is 2.35. The molecule has 0 unspecified atom stereocenters. The topological polar surface area (TPSA) is 135 Å². The monoisotopic (exact) mass is 512 g/mol. The minimum absolute atomic E-state index is 0.0385. The number of benzene rings is 1. The van der Waals surface area contributed by atoms with Crippen LogP contribution < -0.4 is 21.0 Å². The normalized spacial score (nSPS) is 19.4. The fourth-order valence-electron chi connectivity index (χ4n) is 4.95. The Morgan fingerprint density at radius 3 is 2.59 bits per heavy atom. The molecule has 0 spiro atoms. The van der Waals surface area contributed by atoms with E-state index in [1.54, 1.807) is 11.0 Å². The maximum atomic E-state index is 13.4. The fourth-order valence-corrected chi connectivity index (χ4v) is 4.95. The van der Waals surface area contributed by atoms with Crippen molar-refractivity contribution in [3.8, 4) is 5.88 Å². The van der Waals surface area contributed by atoms with E-state index in [0.717, 1.165) is 31.9 Å². The highest BCUT2D eigenvalue weighted by atomic mass is 19.1. The Kier molecular flexibility index (Phi) is 6.90. The number of nitrogens with one attached hydrogen (secondary N) is 1. The number of hydrogen-bond acceptors (Lipinski definition) is 7. The number of nitrogens with zero attached hydrogens (tertiary/aromatic N) is 2. The molecule has 1 aromatic carbocycles. The summed E-state index contributed by atoms with van der Waals surface area (Å²) in [5.74, 6) is -0.382. The number of amides is 1. The van der Waals surface area contributed by atoms with E-state index in [4.69, 9.17) is 14.9 Å². The van der Waals surface area contributed by atoms with Gasteiger partial charge in [0.1, 0.15) is 22.9 Å². The summed E-state index contributed by atoms with van der Waals surface area (Å²) in [6.45, 7) is 0.424. The molecule has 0 radical (unpaired) electrons. The summed E-state index contributed by atoms with van der Waals surface area (Å²) >= 11 is 0. The van der Waals surface area contributed by atoms with Gasteiger partial charge in [-0.15, -0.1) is 0 Å². The number of hydrogen-bond donors (Lipinski definition) is 3. The quantitative estimate of drug-likeness (QED) is 0.358. The second kappa shape index (κ2) is 10.3. The first-order valence-electron chi connectivity index (χ1n) is 12.0. The summed E-state index contributed by atoms with van der Waals surface area (Å²) in [4.78, 5) is 32.3. The molecule has 11 heteroatoms. The van der Waals surface area contributed by atoms with Crippen molar-refractivity contribution in [2.24, 2.45) is 11.7 Å². The number of aliphatic hydroxyl groups is 1. The van der Waals surface area contributed by atoms with Gasteiger partial charge in [-0.05, 0) is 55.9 Å². The fraction of sp³-hybridized carbons (Fsp3) is 0.346. The summed E-state index contributed by atoms with van der Waals surface area (Å²) in [6, 6.07) is 7.00. The van der Waals surface area contributed by atoms with Crippen LogP contribution in [0.25, 0.3) is 21.9 Å². The van der Waals surface area contributed by atoms with Gasteiger partial charge in [0.15, 0.2) is 6.61 Å². The van der Waals surface area contributed by atoms with Gasteiger partial charge in [-0.25, -0.2) is 18.6 Å². The van der Waals surface area contributed by atoms with E-state index in [2.05, 4.69) is 9.97 Å². The van der Waals surface area contributed by atoms with Gasteiger partial charge in [-0.3, -0.25) is 4.79 Å². The third-order valence-corrected chi connectivity index (χ3v) is 6.83. The van der Waals surface area contributed by atoms with Crippen molar-refractivity contribution in [2.75, 3.05) is 18.1 Å². The molecule has 1 amide bonds. The molecule has 3 aromatic heterocycles. The van der Waals surface area contributed by atoms with Crippen molar-refractivity contribution in [3.63, 3.8) is 0 Å². The smallest absolute Gasteiger partial charge is 0.345 e. The molecule has 1 fully saturated rings. The maximum absolute atomic E-state index is 13.4. The van der Waals surface area contributed by atoms with Crippen molar-refractivity contribution in [3.05, 3.63) is 64.3 Å². The third-order valence-electron chi connectivity index (χ3n) is 6.83. The Morgan fingerprint density at radius 2 is 1.86 bits per heavy atom. The lowest BCUT2D eigenvalue weighted by Gasteiger charge is -2.38. The number of aromatic nitrogens is 2. The Bertz CT molecular complexity index is 1510. The van der Waals surface area contributed by atoms with Crippen LogP contribution in [0.3, 0.4) is 0 Å². The number of aromatic amines is 1. The standard InChI is InChI=1S/C14H17FN2O3.C12H9FN2O2/c15-10-5-12-14(16-6-10)20-8-13(19)17(12)11-3-1-9(7-18)2-4-11;13-6-1-2-10-8(3-6)11-9(12(16)17-10)4-7(5-14)15-11/h5-6,9,11,18H,1-4,7-8H2;1-4,15H,5,14H2. The zero-order valence-electron chi connectivity index (χ0n) is 19.9. The van der Waals surface area contributed by atoms with Crippen LogP contribution in [-0.4, -0.2) is 40.2 Å². The second-order valence-electron chi connectivity index (χ2n) is 9.20. The predicted octanol–water partition coefficient (Wildman–Crippen LogP) is 3.37. The zero-order chi connectivity index (χ0) is 26.1. The Balaban J connectivity index is 0.000000153. The second-order valence-corrected chi connectivity index (χ2v) is 9.20. The number of rotatable bonds is 3.